The first-order valence-electron chi connectivity index (χ1n) is 7.94. The molecule has 0 aliphatic carbocycles. The van der Waals surface area contributed by atoms with Crippen molar-refractivity contribution >= 4 is 0 Å². The summed E-state index contributed by atoms with van der Waals surface area (Å²) in [5.41, 5.74) is 0.655. The van der Waals surface area contributed by atoms with E-state index in [-0.39, 0.29) is 6.29 Å². The Morgan fingerprint density at radius 1 is 1.23 bits per heavy atom. The number of piperidine rings is 1. The molecule has 0 N–H and O–H groups in total. The first-order valence-corrected chi connectivity index (χ1v) is 7.94. The fourth-order valence-electron chi connectivity index (χ4n) is 3.08. The Morgan fingerprint density at radius 2 is 2.00 bits per heavy atom. The van der Waals surface area contributed by atoms with Gasteiger partial charge in [-0.05, 0) is 43.7 Å². The Bertz CT molecular complexity index is 506. The third-order valence-corrected chi connectivity index (χ3v) is 4.23. The lowest BCUT2D eigenvalue weighted by atomic mass is 9.97. The number of benzene rings is 1. The average molecular weight is 302 g/mol. The molecule has 0 aromatic heterocycles. The summed E-state index contributed by atoms with van der Waals surface area (Å²) < 4.78 is 17.0. The molecule has 0 bridgehead atoms. The van der Waals surface area contributed by atoms with Crippen molar-refractivity contribution in [3.05, 3.63) is 29.8 Å². The Labute approximate surface area is 131 Å². The highest BCUT2D eigenvalue weighted by Crippen LogP contribution is 2.24. The van der Waals surface area contributed by atoms with Crippen LogP contribution in [0.4, 0.5) is 0 Å². The van der Waals surface area contributed by atoms with Crippen molar-refractivity contribution in [1.29, 1.82) is 5.26 Å². The summed E-state index contributed by atoms with van der Waals surface area (Å²) in [6.07, 6.45) is 2.35. The molecule has 0 amide bonds. The Kier molecular flexibility index (Phi) is 5.28. The van der Waals surface area contributed by atoms with Gasteiger partial charge in [-0.3, -0.25) is 4.90 Å². The van der Waals surface area contributed by atoms with Gasteiger partial charge in [0.15, 0.2) is 6.29 Å². The first kappa shape index (κ1) is 15.3. The molecular weight excluding hydrogens is 280 g/mol. The fourth-order valence-corrected chi connectivity index (χ4v) is 3.08. The van der Waals surface area contributed by atoms with Crippen LogP contribution < -0.4 is 4.74 Å². The van der Waals surface area contributed by atoms with Crippen LogP contribution in [0.1, 0.15) is 18.4 Å². The molecule has 1 unspecified atom stereocenters. The Morgan fingerprint density at radius 3 is 2.73 bits per heavy atom. The molecule has 118 valence electrons. The zero-order valence-corrected chi connectivity index (χ0v) is 12.7. The smallest absolute Gasteiger partial charge is 0.161 e. The largest absolute Gasteiger partial charge is 0.492 e. The molecule has 22 heavy (non-hydrogen) atoms. The van der Waals surface area contributed by atoms with Gasteiger partial charge in [0.1, 0.15) is 12.4 Å². The molecule has 3 rings (SSSR count). The second kappa shape index (κ2) is 7.59. The lowest BCUT2D eigenvalue weighted by Crippen LogP contribution is -2.42. The van der Waals surface area contributed by atoms with E-state index in [0.717, 1.165) is 38.6 Å². The maximum atomic E-state index is 8.77. The van der Waals surface area contributed by atoms with Gasteiger partial charge in [0.25, 0.3) is 0 Å². The summed E-state index contributed by atoms with van der Waals surface area (Å²) in [4.78, 5) is 2.42. The normalized spacial score (nSPS) is 23.3. The molecule has 2 saturated heterocycles. The van der Waals surface area contributed by atoms with E-state index in [9.17, 15) is 0 Å². The van der Waals surface area contributed by atoms with Gasteiger partial charge in [0.05, 0.1) is 24.8 Å². The third kappa shape index (κ3) is 3.98. The molecule has 2 heterocycles. The standard InChI is InChI=1S/C17H22N2O3/c18-12-14-3-5-16(6-4-14)20-9-8-19-7-1-2-15(13-19)17-21-10-11-22-17/h3-6,15,17H,1-2,7-11,13H2. The van der Waals surface area contributed by atoms with E-state index in [1.807, 2.05) is 12.1 Å². The van der Waals surface area contributed by atoms with Gasteiger partial charge >= 0.3 is 0 Å². The van der Waals surface area contributed by atoms with Crippen molar-refractivity contribution in [3.8, 4) is 11.8 Å². The lowest BCUT2D eigenvalue weighted by Gasteiger charge is -2.34. The second-order valence-electron chi connectivity index (χ2n) is 5.80. The number of nitriles is 1. The number of rotatable bonds is 5. The highest BCUT2D eigenvalue weighted by molar-refractivity contribution is 5.34. The fraction of sp³-hybridized carbons (Fsp3) is 0.588. The number of hydrogen-bond donors (Lipinski definition) is 0. The van der Waals surface area contributed by atoms with E-state index in [4.69, 9.17) is 19.5 Å². The van der Waals surface area contributed by atoms with Crippen LogP contribution in [0.5, 0.6) is 5.75 Å². The van der Waals surface area contributed by atoms with Crippen molar-refractivity contribution in [2.45, 2.75) is 19.1 Å². The van der Waals surface area contributed by atoms with Crippen LogP contribution in [-0.2, 0) is 9.47 Å². The van der Waals surface area contributed by atoms with Gasteiger partial charge in [0.2, 0.25) is 0 Å². The predicted octanol–water partition coefficient (Wildman–Crippen LogP) is 2.02. The number of ether oxygens (including phenoxy) is 3. The van der Waals surface area contributed by atoms with Crippen LogP contribution in [0.15, 0.2) is 24.3 Å². The molecule has 2 aliphatic heterocycles. The zero-order chi connectivity index (χ0) is 15.2. The number of nitrogens with zero attached hydrogens (tertiary/aromatic N) is 2. The van der Waals surface area contributed by atoms with Gasteiger partial charge in [-0.25, -0.2) is 0 Å². The molecule has 1 aromatic rings. The van der Waals surface area contributed by atoms with E-state index in [0.29, 0.717) is 18.1 Å². The zero-order valence-electron chi connectivity index (χ0n) is 12.7. The quantitative estimate of drug-likeness (QED) is 0.833. The van der Waals surface area contributed by atoms with Gasteiger partial charge in [-0.1, -0.05) is 0 Å². The molecule has 2 fully saturated rings. The Balaban J connectivity index is 1.41. The van der Waals surface area contributed by atoms with Gasteiger partial charge in [-0.2, -0.15) is 5.26 Å². The van der Waals surface area contributed by atoms with Crippen molar-refractivity contribution in [2.75, 3.05) is 39.5 Å². The van der Waals surface area contributed by atoms with E-state index in [1.54, 1.807) is 12.1 Å². The van der Waals surface area contributed by atoms with Crippen molar-refractivity contribution < 1.29 is 14.2 Å². The van der Waals surface area contributed by atoms with Crippen LogP contribution >= 0.6 is 0 Å². The summed E-state index contributed by atoms with van der Waals surface area (Å²) in [5.74, 6) is 1.29. The lowest BCUT2D eigenvalue weighted by molar-refractivity contribution is -0.100. The monoisotopic (exact) mass is 302 g/mol. The van der Waals surface area contributed by atoms with Crippen LogP contribution in [-0.4, -0.2) is 50.6 Å². The van der Waals surface area contributed by atoms with Crippen LogP contribution in [0.2, 0.25) is 0 Å². The minimum atomic E-state index is -0.0118. The molecule has 5 nitrogen and oxygen atoms in total. The summed E-state index contributed by atoms with van der Waals surface area (Å²) in [6, 6.07) is 9.35. The molecular formula is C17H22N2O3. The molecule has 0 radical (unpaired) electrons. The minimum Gasteiger partial charge on any atom is -0.492 e. The maximum absolute atomic E-state index is 8.77. The molecule has 0 spiro atoms. The minimum absolute atomic E-state index is 0.0118. The van der Waals surface area contributed by atoms with E-state index in [2.05, 4.69) is 11.0 Å². The van der Waals surface area contributed by atoms with Crippen LogP contribution in [0.25, 0.3) is 0 Å². The number of likely N-dealkylation sites (tertiary alicyclic amines) is 1. The molecule has 5 heteroatoms. The number of hydrogen-bond acceptors (Lipinski definition) is 5. The molecule has 2 aliphatic rings. The second-order valence-corrected chi connectivity index (χ2v) is 5.80. The van der Waals surface area contributed by atoms with Crippen molar-refractivity contribution in [2.24, 2.45) is 5.92 Å². The third-order valence-electron chi connectivity index (χ3n) is 4.23. The van der Waals surface area contributed by atoms with E-state index in [1.165, 1.54) is 12.8 Å². The van der Waals surface area contributed by atoms with Gasteiger partial charge < -0.3 is 14.2 Å². The van der Waals surface area contributed by atoms with Crippen molar-refractivity contribution in [1.82, 2.24) is 4.90 Å². The molecule has 1 aromatic carbocycles. The SMILES string of the molecule is N#Cc1ccc(OCCN2CCCC(C3OCCO3)C2)cc1. The van der Waals surface area contributed by atoms with Gasteiger partial charge in [-0.15, -0.1) is 0 Å². The molecule has 1 atom stereocenters. The highest BCUT2D eigenvalue weighted by Gasteiger charge is 2.30. The summed E-state index contributed by atoms with van der Waals surface area (Å²) in [5, 5.41) is 8.77. The Hall–Kier alpha value is -1.61. The predicted molar refractivity (Wildman–Crippen MR) is 81.5 cm³/mol. The summed E-state index contributed by atoms with van der Waals surface area (Å²) >= 11 is 0. The van der Waals surface area contributed by atoms with Gasteiger partial charge in [0, 0.05) is 19.0 Å². The van der Waals surface area contributed by atoms with E-state index >= 15 is 0 Å². The first-order chi connectivity index (χ1) is 10.8. The average Bonchev–Trinajstić information content (AvgIpc) is 3.10. The highest BCUT2D eigenvalue weighted by atomic mass is 16.7. The van der Waals surface area contributed by atoms with E-state index < -0.39 is 0 Å². The van der Waals surface area contributed by atoms with Crippen molar-refractivity contribution in [3.63, 3.8) is 0 Å². The molecule has 0 saturated carbocycles. The maximum Gasteiger partial charge on any atom is 0.161 e. The van der Waals surface area contributed by atoms with Crippen LogP contribution in [0, 0.1) is 17.2 Å². The van der Waals surface area contributed by atoms with Crippen LogP contribution in [0.3, 0.4) is 0 Å². The topological polar surface area (TPSA) is 54.7 Å². The summed E-state index contributed by atoms with van der Waals surface area (Å²) in [6.45, 7) is 5.14. The summed E-state index contributed by atoms with van der Waals surface area (Å²) in [7, 11) is 0.